The number of hydrogen-bond acceptors (Lipinski definition) is 3. The summed E-state index contributed by atoms with van der Waals surface area (Å²) in [7, 11) is 0. The van der Waals surface area contributed by atoms with E-state index in [9.17, 15) is 18.0 Å². The van der Waals surface area contributed by atoms with Crippen LogP contribution in [0.3, 0.4) is 0 Å². The number of piperidine rings is 1. The first-order valence-corrected chi connectivity index (χ1v) is 5.07. The van der Waals surface area contributed by atoms with Gasteiger partial charge in [-0.1, -0.05) is 0 Å². The molecule has 0 aromatic rings. The van der Waals surface area contributed by atoms with E-state index in [4.69, 9.17) is 0 Å². The summed E-state index contributed by atoms with van der Waals surface area (Å²) in [5.74, 6) is -0.111. The number of halogens is 3. The van der Waals surface area contributed by atoms with Gasteiger partial charge in [0.1, 0.15) is 6.67 Å². The van der Waals surface area contributed by atoms with Crippen molar-refractivity contribution in [3.63, 3.8) is 0 Å². The Bertz CT molecular complexity index is 316. The van der Waals surface area contributed by atoms with Gasteiger partial charge in [0.2, 0.25) is 5.91 Å². The molecule has 2 aliphatic rings. The molecule has 0 unspecified atom stereocenters. The number of carbonyl (C=O) groups excluding carboxylic acids is 1. The predicted molar refractivity (Wildman–Crippen MR) is 49.3 cm³/mol. The van der Waals surface area contributed by atoms with Gasteiger partial charge in [-0.25, -0.2) is 0 Å². The standard InChI is InChI=1S/C9H12F3N3O/c10-9(11,12)13-5-6-14(7-13)15-4-2-1-3-8(15)16/h5-6H,1-4,7H2. The molecular formula is C9H12F3N3O. The molecule has 1 amide bonds. The molecule has 0 N–H and O–H groups in total. The van der Waals surface area contributed by atoms with Gasteiger partial charge in [-0.05, 0) is 12.8 Å². The molecule has 0 saturated carbocycles. The second-order valence-electron chi connectivity index (χ2n) is 3.79. The maximum Gasteiger partial charge on any atom is 0.485 e. The molecular weight excluding hydrogens is 223 g/mol. The fraction of sp³-hybridized carbons (Fsp3) is 0.667. The first-order valence-electron chi connectivity index (χ1n) is 5.07. The van der Waals surface area contributed by atoms with Gasteiger partial charge in [-0.2, -0.15) is 13.2 Å². The zero-order chi connectivity index (χ0) is 11.8. The van der Waals surface area contributed by atoms with Crippen molar-refractivity contribution in [3.05, 3.63) is 12.4 Å². The second-order valence-corrected chi connectivity index (χ2v) is 3.79. The van der Waals surface area contributed by atoms with Gasteiger partial charge in [-0.15, -0.1) is 0 Å². The number of hydrogen-bond donors (Lipinski definition) is 0. The molecule has 0 aliphatic carbocycles. The summed E-state index contributed by atoms with van der Waals surface area (Å²) in [6, 6.07) is 0. The molecule has 2 aliphatic heterocycles. The van der Waals surface area contributed by atoms with Gasteiger partial charge in [-0.3, -0.25) is 19.7 Å². The van der Waals surface area contributed by atoms with E-state index in [2.05, 4.69) is 0 Å². The van der Waals surface area contributed by atoms with Gasteiger partial charge >= 0.3 is 6.30 Å². The Balaban J connectivity index is 1.99. The summed E-state index contributed by atoms with van der Waals surface area (Å²) < 4.78 is 37.0. The Labute approximate surface area is 90.9 Å². The molecule has 2 rings (SSSR count). The highest BCUT2D eigenvalue weighted by molar-refractivity contribution is 5.76. The van der Waals surface area contributed by atoms with Gasteiger partial charge in [0.05, 0.1) is 0 Å². The largest absolute Gasteiger partial charge is 0.485 e. The third-order valence-corrected chi connectivity index (χ3v) is 2.65. The van der Waals surface area contributed by atoms with Crippen LogP contribution in [-0.4, -0.2) is 40.3 Å². The molecule has 0 bridgehead atoms. The van der Waals surface area contributed by atoms with Crippen LogP contribution in [0.5, 0.6) is 0 Å². The van der Waals surface area contributed by atoms with Crippen molar-refractivity contribution in [3.8, 4) is 0 Å². The molecule has 0 aromatic carbocycles. The molecule has 0 aromatic heterocycles. The third-order valence-electron chi connectivity index (χ3n) is 2.65. The van der Waals surface area contributed by atoms with Gasteiger partial charge in [0.15, 0.2) is 0 Å². The average Bonchev–Trinajstić information content (AvgIpc) is 2.66. The van der Waals surface area contributed by atoms with Crippen molar-refractivity contribution in [1.82, 2.24) is 14.9 Å². The fourth-order valence-electron chi connectivity index (χ4n) is 1.79. The highest BCUT2D eigenvalue weighted by Crippen LogP contribution is 2.26. The molecule has 0 atom stereocenters. The average molecular weight is 235 g/mol. The van der Waals surface area contributed by atoms with Crippen LogP contribution < -0.4 is 0 Å². The van der Waals surface area contributed by atoms with Crippen LogP contribution >= 0.6 is 0 Å². The molecule has 90 valence electrons. The topological polar surface area (TPSA) is 26.8 Å². The summed E-state index contributed by atoms with van der Waals surface area (Å²) in [4.78, 5) is 11.7. The number of nitrogens with zero attached hydrogens (tertiary/aromatic N) is 3. The van der Waals surface area contributed by atoms with E-state index in [1.165, 1.54) is 16.2 Å². The molecule has 2 heterocycles. The minimum absolute atomic E-state index is 0.111. The molecule has 1 fully saturated rings. The van der Waals surface area contributed by atoms with Crippen molar-refractivity contribution < 1.29 is 18.0 Å². The van der Waals surface area contributed by atoms with Gasteiger partial charge in [0, 0.05) is 25.4 Å². The first kappa shape index (κ1) is 11.1. The monoisotopic (exact) mass is 235 g/mol. The molecule has 4 nitrogen and oxygen atoms in total. The summed E-state index contributed by atoms with van der Waals surface area (Å²) in [6.07, 6.45) is -0.0863. The van der Waals surface area contributed by atoms with Crippen LogP contribution in [0, 0.1) is 0 Å². The smallest absolute Gasteiger partial charge is 0.273 e. The number of rotatable bonds is 1. The van der Waals surface area contributed by atoms with Crippen molar-refractivity contribution in [2.75, 3.05) is 13.2 Å². The summed E-state index contributed by atoms with van der Waals surface area (Å²) in [5, 5.41) is 2.70. The minimum Gasteiger partial charge on any atom is -0.273 e. The number of amides is 1. The third kappa shape index (κ3) is 2.07. The number of hydrazine groups is 1. The Morgan fingerprint density at radius 1 is 1.19 bits per heavy atom. The SMILES string of the molecule is O=C1CCCCN1N1C=CN(C(F)(F)F)C1. The van der Waals surface area contributed by atoms with E-state index in [1.54, 1.807) is 0 Å². The number of carbonyl (C=O) groups is 1. The lowest BCUT2D eigenvalue weighted by atomic mass is 10.1. The zero-order valence-corrected chi connectivity index (χ0v) is 8.57. The molecule has 16 heavy (non-hydrogen) atoms. The van der Waals surface area contributed by atoms with Crippen LogP contribution in [0.1, 0.15) is 19.3 Å². The van der Waals surface area contributed by atoms with E-state index in [-0.39, 0.29) is 17.5 Å². The maximum atomic E-state index is 12.3. The van der Waals surface area contributed by atoms with Crippen molar-refractivity contribution >= 4 is 5.91 Å². The summed E-state index contributed by atoms with van der Waals surface area (Å²) in [6.45, 7) is 0.157. The highest BCUT2D eigenvalue weighted by Gasteiger charge is 2.39. The van der Waals surface area contributed by atoms with E-state index in [0.29, 0.717) is 13.0 Å². The van der Waals surface area contributed by atoms with Gasteiger partial charge in [0.25, 0.3) is 0 Å². The summed E-state index contributed by atoms with van der Waals surface area (Å²) in [5.41, 5.74) is 0. The van der Waals surface area contributed by atoms with Crippen molar-refractivity contribution in [1.29, 1.82) is 0 Å². The molecule has 7 heteroatoms. The molecule has 1 saturated heterocycles. The van der Waals surface area contributed by atoms with E-state index < -0.39 is 6.30 Å². The molecule has 0 radical (unpaired) electrons. The lowest BCUT2D eigenvalue weighted by Gasteiger charge is -2.35. The lowest BCUT2D eigenvalue weighted by molar-refractivity contribution is -0.236. The quantitative estimate of drug-likeness (QED) is 0.644. The van der Waals surface area contributed by atoms with Crippen molar-refractivity contribution in [2.45, 2.75) is 25.6 Å². The van der Waals surface area contributed by atoms with Gasteiger partial charge < -0.3 is 0 Å². The Morgan fingerprint density at radius 3 is 2.50 bits per heavy atom. The predicted octanol–water partition coefficient (Wildman–Crippen LogP) is 1.48. The van der Waals surface area contributed by atoms with Crippen LogP contribution in [-0.2, 0) is 4.79 Å². The van der Waals surface area contributed by atoms with Crippen molar-refractivity contribution in [2.24, 2.45) is 0 Å². The Kier molecular flexibility index (Phi) is 2.69. The number of alkyl halides is 3. The maximum absolute atomic E-state index is 12.3. The molecule has 0 spiro atoms. The first-order chi connectivity index (χ1) is 7.48. The Morgan fingerprint density at radius 2 is 1.94 bits per heavy atom. The Hall–Kier alpha value is -1.40. The lowest BCUT2D eigenvalue weighted by Crippen LogP contribution is -2.48. The van der Waals surface area contributed by atoms with Crippen LogP contribution in [0.15, 0.2) is 12.4 Å². The normalized spacial score (nSPS) is 22.2. The highest BCUT2D eigenvalue weighted by atomic mass is 19.4. The van der Waals surface area contributed by atoms with Crippen LogP contribution in [0.25, 0.3) is 0 Å². The fourth-order valence-corrected chi connectivity index (χ4v) is 1.79. The van der Waals surface area contributed by atoms with E-state index >= 15 is 0 Å². The second kappa shape index (κ2) is 3.88. The summed E-state index contributed by atoms with van der Waals surface area (Å²) >= 11 is 0. The van der Waals surface area contributed by atoms with Crippen LogP contribution in [0.4, 0.5) is 13.2 Å². The van der Waals surface area contributed by atoms with E-state index in [0.717, 1.165) is 19.0 Å². The van der Waals surface area contributed by atoms with Crippen LogP contribution in [0.2, 0.25) is 0 Å². The minimum atomic E-state index is -4.38. The zero-order valence-electron chi connectivity index (χ0n) is 8.57. The van der Waals surface area contributed by atoms with E-state index in [1.807, 2.05) is 0 Å².